The maximum Gasteiger partial charge on any atom is 0.262 e. The average Bonchev–Trinajstić information content (AvgIpc) is 3.18. The van der Waals surface area contributed by atoms with Gasteiger partial charge in [-0.15, -0.1) is 11.3 Å². The van der Waals surface area contributed by atoms with Gasteiger partial charge in [0.05, 0.1) is 18.8 Å². The second-order valence-corrected chi connectivity index (χ2v) is 8.78. The predicted molar refractivity (Wildman–Crippen MR) is 130 cm³/mol. The van der Waals surface area contributed by atoms with Crippen LogP contribution in [-0.4, -0.2) is 55.5 Å². The molecule has 1 fully saturated rings. The number of hydrogen-bond acceptors (Lipinski definition) is 6. The highest BCUT2D eigenvalue weighted by atomic mass is 32.1. The molecule has 0 saturated carbocycles. The third-order valence-electron chi connectivity index (χ3n) is 5.44. The number of amides is 3. The van der Waals surface area contributed by atoms with Gasteiger partial charge in [0, 0.05) is 23.5 Å². The molecule has 0 spiro atoms. The highest BCUT2D eigenvalue weighted by Gasteiger charge is 2.28. The maximum absolute atomic E-state index is 13.4. The van der Waals surface area contributed by atoms with E-state index in [1.807, 2.05) is 37.3 Å². The SMILES string of the molecule is Cc1c(-c2ccccc2)sc(NC(=O)COc2cccc(C(N)=O)c2)c1C(=O)N1CCOCC1. The summed E-state index contributed by atoms with van der Waals surface area (Å²) < 4.78 is 10.9. The Kier molecular flexibility index (Phi) is 7.24. The number of primary amides is 1. The monoisotopic (exact) mass is 479 g/mol. The van der Waals surface area contributed by atoms with Gasteiger partial charge in [0.25, 0.3) is 11.8 Å². The van der Waals surface area contributed by atoms with E-state index < -0.39 is 11.8 Å². The number of ether oxygens (including phenoxy) is 2. The van der Waals surface area contributed by atoms with Crippen molar-refractivity contribution in [2.45, 2.75) is 6.92 Å². The molecule has 176 valence electrons. The van der Waals surface area contributed by atoms with Crippen molar-refractivity contribution in [2.24, 2.45) is 5.73 Å². The van der Waals surface area contributed by atoms with Crippen molar-refractivity contribution in [2.75, 3.05) is 38.2 Å². The van der Waals surface area contributed by atoms with Crippen LogP contribution in [0.15, 0.2) is 54.6 Å². The number of nitrogens with zero attached hydrogens (tertiary/aromatic N) is 1. The lowest BCUT2D eigenvalue weighted by Gasteiger charge is -2.27. The summed E-state index contributed by atoms with van der Waals surface area (Å²) >= 11 is 1.36. The van der Waals surface area contributed by atoms with Crippen molar-refractivity contribution in [3.63, 3.8) is 0 Å². The van der Waals surface area contributed by atoms with Crippen molar-refractivity contribution >= 4 is 34.1 Å². The standard InChI is InChI=1S/C25H25N3O5S/c1-16-21(25(31)28-10-12-32-13-11-28)24(34-22(16)17-6-3-2-4-7-17)27-20(29)15-33-19-9-5-8-18(14-19)23(26)30/h2-9,14H,10-13,15H2,1H3,(H2,26,30)(H,27,29). The predicted octanol–water partition coefficient (Wildman–Crippen LogP) is 3.31. The van der Waals surface area contributed by atoms with Crippen molar-refractivity contribution in [1.29, 1.82) is 0 Å². The maximum atomic E-state index is 13.4. The fourth-order valence-corrected chi connectivity index (χ4v) is 4.92. The third kappa shape index (κ3) is 5.27. The Labute approximate surface area is 201 Å². The summed E-state index contributed by atoms with van der Waals surface area (Å²) in [6.07, 6.45) is 0. The number of thiophene rings is 1. The Morgan fingerprint density at radius 3 is 2.53 bits per heavy atom. The zero-order valence-electron chi connectivity index (χ0n) is 18.7. The molecule has 9 heteroatoms. The van der Waals surface area contributed by atoms with Gasteiger partial charge in [-0.2, -0.15) is 0 Å². The van der Waals surface area contributed by atoms with Crippen molar-refractivity contribution in [3.8, 4) is 16.2 Å². The Morgan fingerprint density at radius 1 is 1.09 bits per heavy atom. The van der Waals surface area contributed by atoms with Crippen LogP contribution in [0.4, 0.5) is 5.00 Å². The quantitative estimate of drug-likeness (QED) is 0.540. The number of hydrogen-bond donors (Lipinski definition) is 2. The van der Waals surface area contributed by atoms with Crippen LogP contribution in [0.2, 0.25) is 0 Å². The molecule has 4 rings (SSSR count). The Morgan fingerprint density at radius 2 is 1.82 bits per heavy atom. The molecule has 1 aliphatic rings. The number of anilines is 1. The summed E-state index contributed by atoms with van der Waals surface area (Å²) in [4.78, 5) is 40.2. The first-order valence-corrected chi connectivity index (χ1v) is 11.6. The molecule has 0 atom stereocenters. The number of carbonyl (C=O) groups is 3. The van der Waals surface area contributed by atoms with Crippen LogP contribution in [0.25, 0.3) is 10.4 Å². The second kappa shape index (κ2) is 10.5. The molecular weight excluding hydrogens is 454 g/mol. The smallest absolute Gasteiger partial charge is 0.262 e. The minimum absolute atomic E-state index is 0.135. The van der Waals surface area contributed by atoms with Crippen LogP contribution in [-0.2, 0) is 9.53 Å². The normalized spacial score (nSPS) is 13.4. The molecule has 34 heavy (non-hydrogen) atoms. The van der Waals surface area contributed by atoms with Crippen LogP contribution < -0.4 is 15.8 Å². The van der Waals surface area contributed by atoms with Gasteiger partial charge >= 0.3 is 0 Å². The number of benzene rings is 2. The van der Waals surface area contributed by atoms with Crippen LogP contribution in [0, 0.1) is 6.92 Å². The summed E-state index contributed by atoms with van der Waals surface area (Å²) in [5, 5.41) is 3.33. The highest BCUT2D eigenvalue weighted by molar-refractivity contribution is 7.20. The van der Waals surface area contributed by atoms with E-state index in [1.54, 1.807) is 23.1 Å². The summed E-state index contributed by atoms with van der Waals surface area (Å²) in [6, 6.07) is 16.1. The largest absolute Gasteiger partial charge is 0.484 e. The summed E-state index contributed by atoms with van der Waals surface area (Å²) in [7, 11) is 0. The van der Waals surface area contributed by atoms with E-state index in [9.17, 15) is 14.4 Å². The lowest BCUT2D eigenvalue weighted by Crippen LogP contribution is -2.41. The minimum atomic E-state index is -0.580. The summed E-state index contributed by atoms with van der Waals surface area (Å²) in [5.74, 6) is -0.780. The van der Waals surface area contributed by atoms with Crippen molar-refractivity contribution in [3.05, 3.63) is 71.3 Å². The van der Waals surface area contributed by atoms with E-state index >= 15 is 0 Å². The van der Waals surface area contributed by atoms with Gasteiger partial charge in [-0.05, 0) is 36.2 Å². The van der Waals surface area contributed by atoms with Crippen LogP contribution in [0.5, 0.6) is 5.75 Å². The number of nitrogens with one attached hydrogen (secondary N) is 1. The Balaban J connectivity index is 1.57. The van der Waals surface area contributed by atoms with Gasteiger partial charge in [-0.25, -0.2) is 0 Å². The first-order valence-electron chi connectivity index (χ1n) is 10.8. The lowest BCUT2D eigenvalue weighted by molar-refractivity contribution is -0.118. The Hall–Kier alpha value is -3.69. The molecule has 0 radical (unpaired) electrons. The third-order valence-corrected chi connectivity index (χ3v) is 6.69. The van der Waals surface area contributed by atoms with Crippen LogP contribution in [0.3, 0.4) is 0 Å². The molecule has 0 unspecified atom stereocenters. The molecule has 1 aliphatic heterocycles. The first-order chi connectivity index (χ1) is 16.4. The molecule has 1 aromatic heterocycles. The van der Waals surface area contributed by atoms with E-state index in [0.29, 0.717) is 42.6 Å². The van der Waals surface area contributed by atoms with Gasteiger partial charge in [0.15, 0.2) is 6.61 Å². The lowest BCUT2D eigenvalue weighted by atomic mass is 10.1. The van der Waals surface area contributed by atoms with Gasteiger partial charge in [-0.1, -0.05) is 36.4 Å². The topological polar surface area (TPSA) is 111 Å². The summed E-state index contributed by atoms with van der Waals surface area (Å²) in [5.41, 5.74) is 7.86. The van der Waals surface area contributed by atoms with Crippen molar-refractivity contribution in [1.82, 2.24) is 4.90 Å². The Bertz CT molecular complexity index is 1200. The zero-order valence-corrected chi connectivity index (χ0v) is 19.5. The van der Waals surface area contributed by atoms with Crippen molar-refractivity contribution < 1.29 is 23.9 Å². The molecule has 0 aliphatic carbocycles. The fraction of sp³-hybridized carbons (Fsp3) is 0.240. The highest BCUT2D eigenvalue weighted by Crippen LogP contribution is 2.40. The zero-order chi connectivity index (χ0) is 24.1. The number of rotatable bonds is 7. The molecule has 0 bridgehead atoms. The van der Waals surface area contributed by atoms with Crippen LogP contribution in [0.1, 0.15) is 26.3 Å². The second-order valence-electron chi connectivity index (χ2n) is 7.76. The van der Waals surface area contributed by atoms with E-state index in [0.717, 1.165) is 16.0 Å². The van der Waals surface area contributed by atoms with E-state index in [2.05, 4.69) is 5.32 Å². The molecule has 2 aromatic carbocycles. The molecule has 3 N–H and O–H groups in total. The van der Waals surface area contributed by atoms with E-state index in [4.69, 9.17) is 15.2 Å². The molecular formula is C25H25N3O5S. The minimum Gasteiger partial charge on any atom is -0.484 e. The van der Waals surface area contributed by atoms with Gasteiger partial charge in [0.2, 0.25) is 5.91 Å². The van der Waals surface area contributed by atoms with E-state index in [1.165, 1.54) is 17.4 Å². The molecule has 3 amide bonds. The number of nitrogens with two attached hydrogens (primary N) is 1. The molecule has 1 saturated heterocycles. The van der Waals surface area contributed by atoms with Gasteiger partial charge in [0.1, 0.15) is 10.8 Å². The number of morpholine rings is 1. The average molecular weight is 480 g/mol. The van der Waals surface area contributed by atoms with Gasteiger partial charge in [-0.3, -0.25) is 14.4 Å². The van der Waals surface area contributed by atoms with Gasteiger partial charge < -0.3 is 25.4 Å². The number of carbonyl (C=O) groups excluding carboxylic acids is 3. The molecule has 3 aromatic rings. The first kappa shape index (κ1) is 23.5. The summed E-state index contributed by atoms with van der Waals surface area (Å²) in [6.45, 7) is 3.59. The van der Waals surface area contributed by atoms with E-state index in [-0.39, 0.29) is 18.1 Å². The van der Waals surface area contributed by atoms with Crippen LogP contribution >= 0.6 is 11.3 Å². The molecule has 8 nitrogen and oxygen atoms in total. The fourth-order valence-electron chi connectivity index (χ4n) is 3.70. The molecule has 2 heterocycles.